The molecule has 1 aliphatic heterocycles. The van der Waals surface area contributed by atoms with Crippen LogP contribution in [0.3, 0.4) is 0 Å². The summed E-state index contributed by atoms with van der Waals surface area (Å²) in [6.07, 6.45) is 3.19. The van der Waals surface area contributed by atoms with Crippen molar-refractivity contribution in [1.29, 1.82) is 0 Å². The SMILES string of the molecule is CCCc1ccc(C(=O)N2CC[C@H]2c2cccc(OC)c2)cc1. The summed E-state index contributed by atoms with van der Waals surface area (Å²) in [4.78, 5) is 14.7. The van der Waals surface area contributed by atoms with Crippen LogP contribution in [0.2, 0.25) is 0 Å². The average molecular weight is 309 g/mol. The maximum absolute atomic E-state index is 12.7. The molecule has 1 fully saturated rings. The van der Waals surface area contributed by atoms with Gasteiger partial charge in [0.05, 0.1) is 13.2 Å². The first kappa shape index (κ1) is 15.6. The van der Waals surface area contributed by atoms with E-state index in [2.05, 4.69) is 25.1 Å². The Balaban J connectivity index is 1.74. The predicted octanol–water partition coefficient (Wildman–Crippen LogP) is 4.23. The number of nitrogens with zero attached hydrogens (tertiary/aromatic N) is 1. The van der Waals surface area contributed by atoms with E-state index in [1.807, 2.05) is 35.2 Å². The number of aryl methyl sites for hydroxylation is 1. The molecule has 0 aliphatic carbocycles. The van der Waals surface area contributed by atoms with Crippen LogP contribution in [-0.4, -0.2) is 24.5 Å². The molecule has 0 aromatic heterocycles. The fraction of sp³-hybridized carbons (Fsp3) is 0.350. The zero-order chi connectivity index (χ0) is 16.2. The molecule has 1 saturated heterocycles. The van der Waals surface area contributed by atoms with E-state index in [0.717, 1.165) is 42.7 Å². The molecule has 3 heteroatoms. The van der Waals surface area contributed by atoms with Gasteiger partial charge in [0.2, 0.25) is 0 Å². The maximum Gasteiger partial charge on any atom is 0.254 e. The standard InChI is InChI=1S/C20H23NO2/c1-3-5-15-8-10-16(11-9-15)20(22)21-13-12-19(21)17-6-4-7-18(14-17)23-2/h4,6-11,14,19H,3,5,12-13H2,1-2H3/t19-/m0/s1. The first-order valence-corrected chi connectivity index (χ1v) is 8.26. The summed E-state index contributed by atoms with van der Waals surface area (Å²) in [6.45, 7) is 2.98. The van der Waals surface area contributed by atoms with Gasteiger partial charge >= 0.3 is 0 Å². The molecule has 0 spiro atoms. The van der Waals surface area contributed by atoms with E-state index in [4.69, 9.17) is 4.74 Å². The van der Waals surface area contributed by atoms with Gasteiger partial charge in [-0.05, 0) is 48.2 Å². The highest BCUT2D eigenvalue weighted by Crippen LogP contribution is 2.35. The van der Waals surface area contributed by atoms with Gasteiger partial charge in [0.25, 0.3) is 5.91 Å². The minimum absolute atomic E-state index is 0.118. The number of likely N-dealkylation sites (tertiary alicyclic amines) is 1. The summed E-state index contributed by atoms with van der Waals surface area (Å²) >= 11 is 0. The smallest absolute Gasteiger partial charge is 0.254 e. The number of benzene rings is 2. The van der Waals surface area contributed by atoms with Crippen molar-refractivity contribution in [3.8, 4) is 5.75 Å². The van der Waals surface area contributed by atoms with E-state index in [9.17, 15) is 4.79 Å². The molecule has 0 saturated carbocycles. The summed E-state index contributed by atoms with van der Waals surface area (Å²) in [5.41, 5.74) is 3.21. The molecular weight excluding hydrogens is 286 g/mol. The number of ether oxygens (including phenoxy) is 1. The lowest BCUT2D eigenvalue weighted by Gasteiger charge is -2.41. The second-order valence-electron chi connectivity index (χ2n) is 6.03. The van der Waals surface area contributed by atoms with Crippen LogP contribution in [0.1, 0.15) is 47.3 Å². The van der Waals surface area contributed by atoms with Gasteiger partial charge in [-0.2, -0.15) is 0 Å². The number of carbonyl (C=O) groups is 1. The second-order valence-corrected chi connectivity index (χ2v) is 6.03. The van der Waals surface area contributed by atoms with Gasteiger partial charge in [-0.3, -0.25) is 4.79 Å². The minimum Gasteiger partial charge on any atom is -0.497 e. The van der Waals surface area contributed by atoms with Crippen molar-refractivity contribution in [1.82, 2.24) is 4.90 Å². The molecule has 1 heterocycles. The molecule has 3 rings (SSSR count). The van der Waals surface area contributed by atoms with Crippen molar-refractivity contribution in [3.63, 3.8) is 0 Å². The molecule has 1 atom stereocenters. The Morgan fingerprint density at radius 3 is 2.61 bits per heavy atom. The number of rotatable bonds is 5. The number of hydrogen-bond donors (Lipinski definition) is 0. The zero-order valence-electron chi connectivity index (χ0n) is 13.8. The largest absolute Gasteiger partial charge is 0.497 e. The lowest BCUT2D eigenvalue weighted by atomic mass is 9.93. The molecular formula is C20H23NO2. The molecule has 0 unspecified atom stereocenters. The molecule has 0 bridgehead atoms. The fourth-order valence-corrected chi connectivity index (χ4v) is 3.09. The Kier molecular flexibility index (Phi) is 4.65. The van der Waals surface area contributed by atoms with Gasteiger partial charge in [-0.1, -0.05) is 37.6 Å². The van der Waals surface area contributed by atoms with Gasteiger partial charge in [0.1, 0.15) is 5.75 Å². The summed E-state index contributed by atoms with van der Waals surface area (Å²) in [5, 5.41) is 0. The Bertz CT molecular complexity index is 678. The highest BCUT2D eigenvalue weighted by Gasteiger charge is 2.33. The van der Waals surface area contributed by atoms with Gasteiger partial charge in [-0.25, -0.2) is 0 Å². The molecule has 0 N–H and O–H groups in total. The average Bonchev–Trinajstić information content (AvgIpc) is 2.55. The molecule has 0 radical (unpaired) electrons. The monoisotopic (exact) mass is 309 g/mol. The molecule has 2 aromatic carbocycles. The maximum atomic E-state index is 12.7. The third-order valence-electron chi connectivity index (χ3n) is 4.50. The highest BCUT2D eigenvalue weighted by molar-refractivity contribution is 5.95. The van der Waals surface area contributed by atoms with E-state index >= 15 is 0 Å². The lowest BCUT2D eigenvalue weighted by Crippen LogP contribution is -2.45. The van der Waals surface area contributed by atoms with Crippen LogP contribution in [-0.2, 0) is 6.42 Å². The Morgan fingerprint density at radius 1 is 1.22 bits per heavy atom. The van der Waals surface area contributed by atoms with E-state index in [-0.39, 0.29) is 11.9 Å². The summed E-state index contributed by atoms with van der Waals surface area (Å²) in [6, 6.07) is 16.2. The van der Waals surface area contributed by atoms with Crippen molar-refractivity contribution >= 4 is 5.91 Å². The van der Waals surface area contributed by atoms with Crippen LogP contribution < -0.4 is 4.74 Å². The van der Waals surface area contributed by atoms with E-state index in [1.54, 1.807) is 7.11 Å². The number of methoxy groups -OCH3 is 1. The second kappa shape index (κ2) is 6.86. The number of hydrogen-bond acceptors (Lipinski definition) is 2. The van der Waals surface area contributed by atoms with Crippen molar-refractivity contribution < 1.29 is 9.53 Å². The summed E-state index contributed by atoms with van der Waals surface area (Å²) in [5.74, 6) is 0.956. The van der Waals surface area contributed by atoms with E-state index in [0.29, 0.717) is 0 Å². The van der Waals surface area contributed by atoms with Crippen molar-refractivity contribution in [2.45, 2.75) is 32.2 Å². The Morgan fingerprint density at radius 2 is 2.00 bits per heavy atom. The van der Waals surface area contributed by atoms with Crippen molar-refractivity contribution in [2.24, 2.45) is 0 Å². The normalized spacial score (nSPS) is 16.8. The molecule has 23 heavy (non-hydrogen) atoms. The lowest BCUT2D eigenvalue weighted by molar-refractivity contribution is 0.0460. The Hall–Kier alpha value is -2.29. The minimum atomic E-state index is 0.118. The molecule has 1 aliphatic rings. The van der Waals surface area contributed by atoms with Crippen molar-refractivity contribution in [3.05, 3.63) is 65.2 Å². The summed E-state index contributed by atoms with van der Waals surface area (Å²) in [7, 11) is 1.67. The van der Waals surface area contributed by atoms with Gasteiger partial charge in [0, 0.05) is 12.1 Å². The van der Waals surface area contributed by atoms with Crippen molar-refractivity contribution in [2.75, 3.05) is 13.7 Å². The third-order valence-corrected chi connectivity index (χ3v) is 4.50. The quantitative estimate of drug-likeness (QED) is 0.827. The zero-order valence-corrected chi connectivity index (χ0v) is 13.8. The van der Waals surface area contributed by atoms with E-state index < -0.39 is 0 Å². The van der Waals surface area contributed by atoms with Crippen LogP contribution in [0.15, 0.2) is 48.5 Å². The fourth-order valence-electron chi connectivity index (χ4n) is 3.09. The number of carbonyl (C=O) groups excluding carboxylic acids is 1. The Labute approximate surface area is 137 Å². The summed E-state index contributed by atoms with van der Waals surface area (Å²) < 4.78 is 5.29. The molecule has 3 nitrogen and oxygen atoms in total. The molecule has 2 aromatic rings. The first-order chi connectivity index (χ1) is 11.2. The molecule has 120 valence electrons. The third kappa shape index (κ3) is 3.24. The van der Waals surface area contributed by atoms with Crippen LogP contribution in [0, 0.1) is 0 Å². The van der Waals surface area contributed by atoms with Crippen LogP contribution in [0.25, 0.3) is 0 Å². The topological polar surface area (TPSA) is 29.5 Å². The number of amides is 1. The van der Waals surface area contributed by atoms with Crippen LogP contribution in [0.4, 0.5) is 0 Å². The van der Waals surface area contributed by atoms with Gasteiger partial charge in [-0.15, -0.1) is 0 Å². The van der Waals surface area contributed by atoms with E-state index in [1.165, 1.54) is 5.56 Å². The van der Waals surface area contributed by atoms with Gasteiger partial charge < -0.3 is 9.64 Å². The molecule has 1 amide bonds. The van der Waals surface area contributed by atoms with Crippen LogP contribution in [0.5, 0.6) is 5.75 Å². The first-order valence-electron chi connectivity index (χ1n) is 8.26. The predicted molar refractivity (Wildman–Crippen MR) is 91.8 cm³/mol. The van der Waals surface area contributed by atoms with Gasteiger partial charge in [0.15, 0.2) is 0 Å². The van der Waals surface area contributed by atoms with Crippen LogP contribution >= 0.6 is 0 Å². The highest BCUT2D eigenvalue weighted by atomic mass is 16.5.